The molecule has 0 aliphatic carbocycles. The summed E-state index contributed by atoms with van der Waals surface area (Å²) in [5.74, 6) is 1.18. The molecule has 0 amide bonds. The molecule has 1 aromatic rings. The van der Waals surface area contributed by atoms with E-state index in [9.17, 15) is 8.42 Å². The molecular weight excluding hydrogens is 371 g/mol. The Labute approximate surface area is 155 Å². The van der Waals surface area contributed by atoms with E-state index in [2.05, 4.69) is 5.32 Å². The molecule has 0 aromatic heterocycles. The van der Waals surface area contributed by atoms with Crippen LogP contribution < -0.4 is 10.1 Å². The van der Waals surface area contributed by atoms with Gasteiger partial charge in [-0.3, -0.25) is 0 Å². The fraction of sp³-hybridized carbons (Fsp3) is 0.625. The summed E-state index contributed by atoms with van der Waals surface area (Å²) in [6, 6.07) is 3.24. The van der Waals surface area contributed by atoms with Crippen LogP contribution in [0, 0.1) is 5.92 Å². The highest BCUT2D eigenvalue weighted by molar-refractivity contribution is 7.89. The summed E-state index contributed by atoms with van der Waals surface area (Å²) >= 11 is 6.23. The molecule has 1 aromatic carbocycles. The Morgan fingerprint density at radius 2 is 2.00 bits per heavy atom. The molecule has 1 fully saturated rings. The summed E-state index contributed by atoms with van der Waals surface area (Å²) in [6.45, 7) is 4.03. The third-order valence-electron chi connectivity index (χ3n) is 4.62. The fourth-order valence-corrected chi connectivity index (χ4v) is 5.30. The Bertz CT molecular complexity index is 689. The number of benzene rings is 1. The molecule has 0 bridgehead atoms. The minimum Gasteiger partial charge on any atom is -0.489 e. The zero-order chi connectivity index (χ0) is 16.6. The van der Waals surface area contributed by atoms with Gasteiger partial charge in [0.05, 0.1) is 9.92 Å². The van der Waals surface area contributed by atoms with E-state index in [0.717, 1.165) is 24.9 Å². The number of piperidine rings is 1. The predicted molar refractivity (Wildman–Crippen MR) is 97.9 cm³/mol. The van der Waals surface area contributed by atoms with Crippen molar-refractivity contribution in [3.63, 3.8) is 0 Å². The van der Waals surface area contributed by atoms with Gasteiger partial charge in [-0.2, -0.15) is 4.31 Å². The molecule has 5 nitrogen and oxygen atoms in total. The summed E-state index contributed by atoms with van der Waals surface area (Å²) in [5, 5.41) is 3.55. The monoisotopic (exact) mass is 394 g/mol. The van der Waals surface area contributed by atoms with Crippen molar-refractivity contribution in [2.75, 3.05) is 26.7 Å². The van der Waals surface area contributed by atoms with Crippen LogP contribution in [0.4, 0.5) is 0 Å². The van der Waals surface area contributed by atoms with Gasteiger partial charge in [0.15, 0.2) is 0 Å². The van der Waals surface area contributed by atoms with Crippen molar-refractivity contribution < 1.29 is 13.2 Å². The van der Waals surface area contributed by atoms with Crippen molar-refractivity contribution >= 4 is 34.0 Å². The van der Waals surface area contributed by atoms with E-state index < -0.39 is 10.0 Å². The first-order chi connectivity index (χ1) is 10.9. The van der Waals surface area contributed by atoms with Gasteiger partial charge in [-0.15, -0.1) is 12.4 Å². The topological polar surface area (TPSA) is 58.6 Å². The lowest BCUT2D eigenvalue weighted by Gasteiger charge is -2.31. The van der Waals surface area contributed by atoms with E-state index in [1.54, 1.807) is 10.4 Å². The van der Waals surface area contributed by atoms with Crippen LogP contribution in [0.3, 0.4) is 0 Å². The molecule has 1 N–H and O–H groups in total. The van der Waals surface area contributed by atoms with Gasteiger partial charge in [-0.05, 0) is 51.4 Å². The van der Waals surface area contributed by atoms with Gasteiger partial charge in [-0.25, -0.2) is 8.42 Å². The van der Waals surface area contributed by atoms with Crippen LogP contribution in [0.1, 0.15) is 25.3 Å². The fourth-order valence-electron chi connectivity index (χ4n) is 3.40. The van der Waals surface area contributed by atoms with Crippen LogP contribution in [-0.4, -0.2) is 45.5 Å². The van der Waals surface area contributed by atoms with Crippen molar-refractivity contribution in [2.24, 2.45) is 5.92 Å². The molecule has 3 rings (SSSR count). The average molecular weight is 395 g/mol. The van der Waals surface area contributed by atoms with Crippen molar-refractivity contribution in [1.29, 1.82) is 0 Å². The molecule has 1 atom stereocenters. The highest BCUT2D eigenvalue weighted by atomic mass is 35.5. The molecule has 136 valence electrons. The largest absolute Gasteiger partial charge is 0.489 e. The highest BCUT2D eigenvalue weighted by Gasteiger charge is 2.32. The Morgan fingerprint density at radius 3 is 2.62 bits per heavy atom. The lowest BCUT2D eigenvalue weighted by molar-refractivity contribution is 0.255. The van der Waals surface area contributed by atoms with Gasteiger partial charge >= 0.3 is 0 Å². The Kier molecular flexibility index (Phi) is 6.42. The van der Waals surface area contributed by atoms with Gasteiger partial charge in [0.25, 0.3) is 0 Å². The molecule has 8 heteroatoms. The van der Waals surface area contributed by atoms with E-state index in [1.165, 1.54) is 6.07 Å². The molecule has 2 heterocycles. The summed E-state index contributed by atoms with van der Waals surface area (Å²) < 4.78 is 33.0. The van der Waals surface area contributed by atoms with Gasteiger partial charge in [0, 0.05) is 25.1 Å². The molecule has 0 spiro atoms. The first kappa shape index (κ1) is 19.8. The second-order valence-electron chi connectivity index (χ2n) is 6.43. The molecule has 24 heavy (non-hydrogen) atoms. The average Bonchev–Trinajstić information content (AvgIpc) is 2.89. The minimum absolute atomic E-state index is 0. The summed E-state index contributed by atoms with van der Waals surface area (Å²) in [5.41, 5.74) is 0.883. The maximum Gasteiger partial charge on any atom is 0.243 e. The number of nitrogens with one attached hydrogen (secondary N) is 1. The third kappa shape index (κ3) is 3.83. The SMILES string of the molecule is CNCC1CCN(S(=O)(=O)c2cc(Cl)c3c(c2)CC(C)O3)CC1.Cl. The van der Waals surface area contributed by atoms with Gasteiger partial charge < -0.3 is 10.1 Å². The number of nitrogens with zero attached hydrogens (tertiary/aromatic N) is 1. The minimum atomic E-state index is -3.49. The zero-order valence-electron chi connectivity index (χ0n) is 13.9. The lowest BCUT2D eigenvalue weighted by Crippen LogP contribution is -2.40. The van der Waals surface area contributed by atoms with Crippen LogP contribution in [0.25, 0.3) is 0 Å². The molecular formula is C16H24Cl2N2O3S. The van der Waals surface area contributed by atoms with Crippen molar-refractivity contribution in [1.82, 2.24) is 9.62 Å². The Hall–Kier alpha value is -0.530. The van der Waals surface area contributed by atoms with Crippen LogP contribution in [0.5, 0.6) is 5.75 Å². The lowest BCUT2D eigenvalue weighted by atomic mass is 9.98. The Balaban J connectivity index is 0.00000208. The van der Waals surface area contributed by atoms with E-state index in [4.69, 9.17) is 16.3 Å². The van der Waals surface area contributed by atoms with Crippen molar-refractivity contribution in [2.45, 2.75) is 37.2 Å². The standard InChI is InChI=1S/C16H23ClN2O3S.ClH/c1-11-7-13-8-14(9-15(17)16(13)22-11)23(20,21)19-5-3-12(4-6-19)10-18-2;/h8-9,11-12,18H,3-7,10H2,1-2H3;1H. The normalized spacial score (nSPS) is 21.9. The maximum atomic E-state index is 12.9. The highest BCUT2D eigenvalue weighted by Crippen LogP contribution is 2.38. The van der Waals surface area contributed by atoms with Crippen LogP contribution >= 0.6 is 24.0 Å². The first-order valence-corrected chi connectivity index (χ1v) is 9.87. The Morgan fingerprint density at radius 1 is 1.33 bits per heavy atom. The van der Waals surface area contributed by atoms with Gasteiger partial charge in [0.1, 0.15) is 11.9 Å². The van der Waals surface area contributed by atoms with Gasteiger partial charge in [-0.1, -0.05) is 11.6 Å². The van der Waals surface area contributed by atoms with E-state index in [0.29, 0.717) is 36.2 Å². The predicted octanol–water partition coefficient (Wildman–Crippen LogP) is 2.71. The number of sulfonamides is 1. The quantitative estimate of drug-likeness (QED) is 0.852. The number of ether oxygens (including phenoxy) is 1. The second kappa shape index (κ2) is 7.79. The molecule has 1 unspecified atom stereocenters. The van der Waals surface area contributed by atoms with E-state index in [1.807, 2.05) is 14.0 Å². The van der Waals surface area contributed by atoms with E-state index >= 15 is 0 Å². The molecule has 2 aliphatic rings. The van der Waals surface area contributed by atoms with Gasteiger partial charge in [0.2, 0.25) is 10.0 Å². The van der Waals surface area contributed by atoms with Crippen molar-refractivity contribution in [3.05, 3.63) is 22.7 Å². The van der Waals surface area contributed by atoms with E-state index in [-0.39, 0.29) is 23.4 Å². The smallest absolute Gasteiger partial charge is 0.243 e. The zero-order valence-corrected chi connectivity index (χ0v) is 16.3. The first-order valence-electron chi connectivity index (χ1n) is 8.05. The third-order valence-corrected chi connectivity index (χ3v) is 6.78. The maximum absolute atomic E-state index is 12.9. The number of hydrogen-bond acceptors (Lipinski definition) is 4. The van der Waals surface area contributed by atoms with Crippen LogP contribution in [0.15, 0.2) is 17.0 Å². The number of hydrogen-bond donors (Lipinski definition) is 1. The molecule has 1 saturated heterocycles. The summed E-state index contributed by atoms with van der Waals surface area (Å²) in [6.07, 6.45) is 2.51. The molecule has 0 saturated carbocycles. The second-order valence-corrected chi connectivity index (χ2v) is 8.78. The summed E-state index contributed by atoms with van der Waals surface area (Å²) in [7, 11) is -1.56. The number of halogens is 2. The molecule has 0 radical (unpaired) electrons. The van der Waals surface area contributed by atoms with Crippen LogP contribution in [0.2, 0.25) is 5.02 Å². The number of fused-ring (bicyclic) bond motifs is 1. The molecule has 2 aliphatic heterocycles. The summed E-state index contributed by atoms with van der Waals surface area (Å²) in [4.78, 5) is 0.283. The van der Waals surface area contributed by atoms with Crippen molar-refractivity contribution in [3.8, 4) is 5.75 Å². The number of rotatable bonds is 4. The van der Waals surface area contributed by atoms with Crippen LogP contribution in [-0.2, 0) is 16.4 Å².